The molecule has 2 unspecified atom stereocenters. The van der Waals surface area contributed by atoms with Gasteiger partial charge in [-0.15, -0.1) is 0 Å². The van der Waals surface area contributed by atoms with Crippen molar-refractivity contribution in [1.29, 1.82) is 5.41 Å². The third kappa shape index (κ3) is 37.6. The number of hydrogen-bond acceptors (Lipinski definition) is 21. The number of rotatable bonds is 48. The number of amides is 14. The molecule has 0 spiro atoms. The van der Waals surface area contributed by atoms with Crippen LogP contribution >= 0.6 is 0 Å². The summed E-state index contributed by atoms with van der Waals surface area (Å²) in [6.07, 6.45) is 10.7. The molecule has 688 valence electrons. The second-order valence-electron chi connectivity index (χ2n) is 31.9. The fraction of sp³-hybridized carbons (Fsp3) is 0.635. The highest BCUT2D eigenvalue weighted by Crippen LogP contribution is 2.25. The largest absolute Gasteiger partial charge is 0.394 e. The average molecular weight is 1740 g/mol. The molecule has 13 atom stereocenters. The molecule has 0 saturated carbocycles. The molecule has 2 fully saturated rings. The molecule has 0 radical (unpaired) electrons. The van der Waals surface area contributed by atoms with Crippen LogP contribution in [0.5, 0.6) is 0 Å². The normalized spacial score (nSPS) is 19.9. The van der Waals surface area contributed by atoms with Gasteiger partial charge in [0.05, 0.1) is 38.8 Å². The zero-order valence-corrected chi connectivity index (χ0v) is 71.7. The number of primary amides is 2. The van der Waals surface area contributed by atoms with E-state index in [9.17, 15) is 82.1 Å². The molecular weight excluding hydrogens is 1610 g/mol. The number of guanidine groups is 1. The molecule has 124 heavy (non-hydrogen) atoms. The maximum atomic E-state index is 16.2. The third-order valence-corrected chi connectivity index (χ3v) is 21.7. The van der Waals surface area contributed by atoms with Gasteiger partial charge in [0.25, 0.3) is 5.91 Å². The summed E-state index contributed by atoms with van der Waals surface area (Å²) in [5.41, 5.74) is 24.5. The Hall–Kier alpha value is -11.1. The number of nitrogens with one attached hydrogen (secondary N) is 15. The van der Waals surface area contributed by atoms with Crippen molar-refractivity contribution in [3.05, 3.63) is 71.9 Å². The van der Waals surface area contributed by atoms with E-state index >= 15 is 9.18 Å². The Bertz CT molecular complexity index is 4000. The Morgan fingerprint density at radius 3 is 1.84 bits per heavy atom. The lowest BCUT2D eigenvalue weighted by Gasteiger charge is -2.31. The molecule has 3 aromatic rings. The van der Waals surface area contributed by atoms with Crippen molar-refractivity contribution in [2.45, 2.75) is 299 Å². The number of ketones is 2. The number of alkyl halides is 1. The van der Waals surface area contributed by atoms with Crippen LogP contribution in [0.4, 0.5) is 4.39 Å². The first kappa shape index (κ1) is 103. The summed E-state index contributed by atoms with van der Waals surface area (Å²) in [6, 6.07) is -2.71. The van der Waals surface area contributed by atoms with Gasteiger partial charge >= 0.3 is 0 Å². The number of benzene rings is 2. The standard InChI is InChI=1S/C85H133FN20O18/c1-4-6-8-9-10-11-12-13-14-15-16-17-21-37-71(112)95-49-69(110)82(122)104-67(51-107)80(120)102-66(46-70(88)111)79(119)97-61(35-24-26-40-87)76(116)105-72(52(3)108)83(123)99-60(32-7-5-2)74(114)100-63-39-38-56(109)48-92-41-27-25-34-59(73(89)113)96-78(118)65(44-54-47-94-58-33-23-22-31-57(54)58)101-75(115)62(36-28-42-93-85(90)91)98-77(117)64(43-53-29-19-18-20-30-53)103-81(121)68-45-55(86)50-106(68)84(63)124/h18-20,22-23,29-31,33,47,52,55,59-68,72,92,94,107-108H,4-17,21,24-28,32,34-46,48-51,87H2,1-3H3,(H2,88,111)(H2,89,113)(H,95,112)(H,96,118)(H,97,119)(H,98,117)(H,99,123)(H,100,114)(H,101,115)(H,102,120)(H,103,121)(H,104,122)(H,105,116)(H4,90,91,93)/t52?,55?,59-,60-,61-,62-,63-,64+,65-,66-,67-,68-,72-/m0/s1. The SMILES string of the molecule is CCCCCCCCCCCCCCCC(=O)NCC(=O)C(=O)N[C@@H](CO)C(=O)N[C@@H](CC(N)=O)C(=O)N[C@@H](CCCCN)C(=O)N[C@H](C(=O)N[C@@H](CCCC)C(=O)N[C@H]1CCC(=O)CNCCCC[C@@H](C(N)=O)NC(=O)[C@H](Cc2c[nH]c3ccccc23)NC(=O)[C@H](CCCNC(=N)N)NC(=O)[C@@H](Cc2ccccc2)NC(=O)[C@@H]2CC(F)CN2C1=O)C(C)O. The van der Waals surface area contributed by atoms with Crippen LogP contribution in [0.1, 0.15) is 218 Å². The van der Waals surface area contributed by atoms with Gasteiger partial charge in [-0.3, -0.25) is 82.1 Å². The molecule has 5 rings (SSSR count). The van der Waals surface area contributed by atoms with Gasteiger partial charge in [-0.25, -0.2) is 4.39 Å². The molecule has 0 aliphatic carbocycles. The van der Waals surface area contributed by atoms with Gasteiger partial charge in [-0.1, -0.05) is 152 Å². The molecule has 0 bridgehead atoms. The molecular formula is C85H133FN20O18. The number of carbonyl (C=O) groups excluding carboxylic acids is 16. The first-order valence-corrected chi connectivity index (χ1v) is 43.6. The molecule has 1 aromatic heterocycles. The second-order valence-corrected chi connectivity index (χ2v) is 31.9. The summed E-state index contributed by atoms with van der Waals surface area (Å²) in [5.74, 6) is -16.7. The van der Waals surface area contributed by atoms with Crippen LogP contribution in [-0.4, -0.2) is 245 Å². The molecule has 2 aliphatic rings. The monoisotopic (exact) mass is 1740 g/mol. The molecule has 14 amide bonds. The minimum absolute atomic E-state index is 0.00880. The molecule has 2 saturated heterocycles. The molecule has 25 N–H and O–H groups in total. The molecule has 3 heterocycles. The molecule has 39 heteroatoms. The summed E-state index contributed by atoms with van der Waals surface area (Å²) in [4.78, 5) is 228. The summed E-state index contributed by atoms with van der Waals surface area (Å²) in [7, 11) is 0. The number of halogens is 1. The number of fused-ring (bicyclic) bond motifs is 2. The fourth-order valence-corrected chi connectivity index (χ4v) is 14.6. The van der Waals surface area contributed by atoms with Crippen LogP contribution < -0.4 is 92.1 Å². The number of unbranched alkanes of at least 4 members (excludes halogenated alkanes) is 14. The topological polar surface area (TPSA) is 617 Å². The number of hydrogen-bond donors (Lipinski definition) is 21. The predicted molar refractivity (Wildman–Crippen MR) is 459 cm³/mol. The van der Waals surface area contributed by atoms with Crippen molar-refractivity contribution >= 4 is 111 Å². The highest BCUT2D eigenvalue weighted by atomic mass is 19.1. The Labute approximate surface area is 723 Å². The van der Waals surface area contributed by atoms with Crippen LogP contribution in [0.3, 0.4) is 0 Å². The third-order valence-electron chi connectivity index (χ3n) is 21.7. The number of para-hydroxylation sites is 1. The van der Waals surface area contributed by atoms with Crippen LogP contribution in [0.2, 0.25) is 0 Å². The van der Waals surface area contributed by atoms with Gasteiger partial charge < -0.3 is 112 Å². The first-order chi connectivity index (χ1) is 59.4. The van der Waals surface area contributed by atoms with Gasteiger partial charge in [0, 0.05) is 55.7 Å². The van der Waals surface area contributed by atoms with Crippen LogP contribution in [0.25, 0.3) is 10.9 Å². The van der Waals surface area contributed by atoms with E-state index in [-0.39, 0.29) is 103 Å². The maximum absolute atomic E-state index is 16.2. The second kappa shape index (κ2) is 56.7. The van der Waals surface area contributed by atoms with Crippen molar-refractivity contribution in [1.82, 2.24) is 79.0 Å². The lowest BCUT2D eigenvalue weighted by molar-refractivity contribution is -0.143. The predicted octanol–water partition coefficient (Wildman–Crippen LogP) is -0.654. The van der Waals surface area contributed by atoms with Gasteiger partial charge in [-0.05, 0) is 108 Å². The minimum Gasteiger partial charge on any atom is -0.394 e. The van der Waals surface area contributed by atoms with Crippen molar-refractivity contribution in [3.8, 4) is 0 Å². The van der Waals surface area contributed by atoms with Crippen molar-refractivity contribution < 1.29 is 91.3 Å². The quantitative estimate of drug-likeness (QED) is 0.0144. The number of aromatic amines is 1. The van der Waals surface area contributed by atoms with E-state index in [2.05, 4.69) is 75.7 Å². The van der Waals surface area contributed by atoms with Crippen molar-refractivity contribution in [2.24, 2.45) is 22.9 Å². The molecule has 2 aromatic carbocycles. The van der Waals surface area contributed by atoms with Crippen LogP contribution in [0, 0.1) is 5.41 Å². The Balaban J connectivity index is 1.36. The highest BCUT2D eigenvalue weighted by Gasteiger charge is 2.45. The van der Waals surface area contributed by atoms with E-state index < -0.39 is 224 Å². The number of aromatic nitrogens is 1. The van der Waals surface area contributed by atoms with E-state index in [1.807, 2.05) is 11.4 Å². The van der Waals surface area contributed by atoms with Crippen molar-refractivity contribution in [2.75, 3.05) is 45.9 Å². The molecule has 38 nitrogen and oxygen atoms in total. The smallest absolute Gasteiger partial charge is 0.290 e. The number of nitrogens with zero attached hydrogens (tertiary/aromatic N) is 1. The highest BCUT2D eigenvalue weighted by molar-refractivity contribution is 6.37. The molecule has 2 aliphatic heterocycles. The fourth-order valence-electron chi connectivity index (χ4n) is 14.6. The summed E-state index contributed by atoms with van der Waals surface area (Å²) < 4.78 is 16.2. The number of H-pyrrole nitrogens is 1. The van der Waals surface area contributed by atoms with Crippen LogP contribution in [-0.2, 0) is 89.6 Å². The first-order valence-electron chi connectivity index (χ1n) is 43.6. The van der Waals surface area contributed by atoms with Crippen LogP contribution in [0.15, 0.2) is 60.8 Å². The van der Waals surface area contributed by atoms with Gasteiger partial charge in [0.15, 0.2) is 5.96 Å². The van der Waals surface area contributed by atoms with E-state index in [4.69, 9.17) is 28.3 Å². The van der Waals surface area contributed by atoms with E-state index in [1.54, 1.807) is 61.7 Å². The lowest BCUT2D eigenvalue weighted by atomic mass is 10.0. The van der Waals surface area contributed by atoms with E-state index in [0.29, 0.717) is 41.3 Å². The zero-order chi connectivity index (χ0) is 91.0. The average Bonchev–Trinajstić information content (AvgIpc) is 1.66. The number of carbonyl (C=O) groups is 16. The number of aliphatic hydroxyl groups is 2. The maximum Gasteiger partial charge on any atom is 0.290 e. The summed E-state index contributed by atoms with van der Waals surface area (Å²) in [5, 5.41) is 62.8. The Morgan fingerprint density at radius 2 is 1.19 bits per heavy atom. The Kier molecular flexibility index (Phi) is 47.3. The summed E-state index contributed by atoms with van der Waals surface area (Å²) >= 11 is 0. The lowest BCUT2D eigenvalue weighted by Crippen LogP contribution is -2.62. The minimum atomic E-state index is -1.94. The van der Waals surface area contributed by atoms with Gasteiger partial charge in [0.1, 0.15) is 78.4 Å². The summed E-state index contributed by atoms with van der Waals surface area (Å²) in [6.45, 7) is 2.45. The number of Topliss-reactive ketones (excluding diaryl/α,β-unsaturated/α-hetero) is 2. The van der Waals surface area contributed by atoms with E-state index in [0.717, 1.165) is 43.9 Å². The van der Waals surface area contributed by atoms with Gasteiger partial charge in [0.2, 0.25) is 82.6 Å². The Morgan fingerprint density at radius 1 is 0.613 bits per heavy atom. The zero-order valence-electron chi connectivity index (χ0n) is 71.7. The van der Waals surface area contributed by atoms with E-state index in [1.165, 1.54) is 44.9 Å². The number of aliphatic hydroxyl groups excluding tert-OH is 2. The van der Waals surface area contributed by atoms with Gasteiger partial charge in [-0.2, -0.15) is 0 Å². The number of nitrogens with two attached hydrogens (primary N) is 4. The van der Waals surface area contributed by atoms with Crippen molar-refractivity contribution in [3.63, 3.8) is 0 Å².